The Morgan fingerprint density at radius 2 is 2.00 bits per heavy atom. The fourth-order valence-electron chi connectivity index (χ4n) is 3.29. The lowest BCUT2D eigenvalue weighted by Crippen LogP contribution is -2.74. The zero-order chi connectivity index (χ0) is 9.81. The molecule has 1 nitrogen and oxygen atoms in total. The molecule has 3 saturated carbocycles. The first kappa shape index (κ1) is 8.49. The molecule has 74 valence electrons. The highest BCUT2D eigenvalue weighted by Gasteiger charge is 2.66. The number of rotatable bonds is 2. The second-order valence-corrected chi connectivity index (χ2v) is 5.23. The van der Waals surface area contributed by atoms with Gasteiger partial charge in [-0.2, -0.15) is 0 Å². The third-order valence-corrected chi connectivity index (χ3v) is 4.02. The van der Waals surface area contributed by atoms with Gasteiger partial charge in [-0.1, -0.05) is 31.2 Å². The zero-order valence-corrected chi connectivity index (χ0v) is 8.72. The van der Waals surface area contributed by atoms with E-state index in [9.17, 15) is 0 Å². The van der Waals surface area contributed by atoms with Crippen LogP contribution in [-0.2, 0) is 11.8 Å². The summed E-state index contributed by atoms with van der Waals surface area (Å²) in [5.41, 5.74) is 9.78. The average Bonchev–Trinajstić information content (AvgIpc) is 2.12. The first-order valence-corrected chi connectivity index (χ1v) is 5.54. The predicted octanol–water partition coefficient (Wildman–Crippen LogP) is 2.38. The van der Waals surface area contributed by atoms with Crippen molar-refractivity contribution in [1.82, 2.24) is 0 Å². The lowest BCUT2D eigenvalue weighted by molar-refractivity contribution is -0.0590. The smallest absolute Gasteiger partial charge is 0.0179 e. The summed E-state index contributed by atoms with van der Waals surface area (Å²) in [6.45, 7) is 2.21. The van der Waals surface area contributed by atoms with Crippen LogP contribution < -0.4 is 5.73 Å². The van der Waals surface area contributed by atoms with Crippen molar-refractivity contribution in [3.8, 4) is 0 Å². The van der Waals surface area contributed by atoms with E-state index in [4.69, 9.17) is 5.73 Å². The molecular weight excluding hydrogens is 170 g/mol. The van der Waals surface area contributed by atoms with Gasteiger partial charge in [0, 0.05) is 11.0 Å². The lowest BCUT2D eigenvalue weighted by atomic mass is 9.38. The lowest BCUT2D eigenvalue weighted by Gasteiger charge is -2.69. The summed E-state index contributed by atoms with van der Waals surface area (Å²) in [5, 5.41) is 0. The molecule has 0 atom stereocenters. The van der Waals surface area contributed by atoms with Crippen molar-refractivity contribution in [3.05, 3.63) is 35.4 Å². The summed E-state index contributed by atoms with van der Waals surface area (Å²) in [7, 11) is 0. The van der Waals surface area contributed by atoms with Crippen LogP contribution in [0.3, 0.4) is 0 Å². The zero-order valence-electron chi connectivity index (χ0n) is 8.72. The van der Waals surface area contributed by atoms with E-state index in [1.165, 1.54) is 30.4 Å². The van der Waals surface area contributed by atoms with Gasteiger partial charge in [-0.3, -0.25) is 0 Å². The Balaban J connectivity index is 1.91. The molecule has 3 aliphatic rings. The SMILES string of the molecule is CCc1cccc(C23CC(N)(C2)C3)c1. The van der Waals surface area contributed by atoms with Gasteiger partial charge in [0.2, 0.25) is 0 Å². The topological polar surface area (TPSA) is 26.0 Å². The minimum absolute atomic E-state index is 0.224. The molecule has 0 unspecified atom stereocenters. The van der Waals surface area contributed by atoms with Gasteiger partial charge < -0.3 is 5.73 Å². The van der Waals surface area contributed by atoms with Gasteiger partial charge in [0.15, 0.2) is 0 Å². The third-order valence-electron chi connectivity index (χ3n) is 4.02. The van der Waals surface area contributed by atoms with E-state index in [2.05, 4.69) is 31.2 Å². The van der Waals surface area contributed by atoms with E-state index < -0.39 is 0 Å². The van der Waals surface area contributed by atoms with Crippen LogP contribution in [0, 0.1) is 0 Å². The second-order valence-electron chi connectivity index (χ2n) is 5.23. The van der Waals surface area contributed by atoms with Crippen LogP contribution in [0.15, 0.2) is 24.3 Å². The van der Waals surface area contributed by atoms with Gasteiger partial charge in [0.25, 0.3) is 0 Å². The van der Waals surface area contributed by atoms with Gasteiger partial charge in [-0.05, 0) is 36.8 Å². The molecule has 3 fully saturated rings. The first-order valence-electron chi connectivity index (χ1n) is 5.54. The maximum Gasteiger partial charge on any atom is 0.0179 e. The maximum atomic E-state index is 6.08. The minimum atomic E-state index is 0.224. The Labute approximate surface area is 85.3 Å². The summed E-state index contributed by atoms with van der Waals surface area (Å²) in [4.78, 5) is 0. The van der Waals surface area contributed by atoms with Crippen molar-refractivity contribution in [2.24, 2.45) is 5.73 Å². The molecule has 1 aromatic carbocycles. The molecule has 1 aromatic rings. The van der Waals surface area contributed by atoms with E-state index in [0.717, 1.165) is 6.42 Å². The van der Waals surface area contributed by atoms with Crippen molar-refractivity contribution in [2.75, 3.05) is 0 Å². The largest absolute Gasteiger partial charge is 0.325 e. The van der Waals surface area contributed by atoms with Crippen LogP contribution in [0.2, 0.25) is 0 Å². The van der Waals surface area contributed by atoms with E-state index >= 15 is 0 Å². The van der Waals surface area contributed by atoms with Crippen molar-refractivity contribution < 1.29 is 0 Å². The normalized spacial score (nSPS) is 38.7. The Morgan fingerprint density at radius 3 is 2.57 bits per heavy atom. The predicted molar refractivity (Wildman–Crippen MR) is 58.3 cm³/mol. The number of hydrogen-bond donors (Lipinski definition) is 1. The van der Waals surface area contributed by atoms with Gasteiger partial charge in [0.1, 0.15) is 0 Å². The molecule has 2 N–H and O–H groups in total. The highest BCUT2D eigenvalue weighted by molar-refractivity contribution is 5.42. The Bertz CT molecular complexity index is 361. The molecule has 0 amide bonds. The second kappa shape index (κ2) is 2.40. The molecule has 0 radical (unpaired) electrons. The van der Waals surface area contributed by atoms with Crippen LogP contribution in [0.4, 0.5) is 0 Å². The molecular formula is C13H17N. The molecule has 3 aliphatic carbocycles. The quantitative estimate of drug-likeness (QED) is 0.756. The van der Waals surface area contributed by atoms with Gasteiger partial charge >= 0.3 is 0 Å². The van der Waals surface area contributed by atoms with Crippen molar-refractivity contribution in [2.45, 2.75) is 43.6 Å². The molecule has 0 saturated heterocycles. The summed E-state index contributed by atoms with van der Waals surface area (Å²) < 4.78 is 0. The van der Waals surface area contributed by atoms with Crippen LogP contribution in [0.1, 0.15) is 37.3 Å². The Morgan fingerprint density at radius 1 is 1.29 bits per heavy atom. The molecule has 0 aliphatic heterocycles. The molecule has 4 rings (SSSR count). The minimum Gasteiger partial charge on any atom is -0.325 e. The van der Waals surface area contributed by atoms with E-state index in [-0.39, 0.29) is 5.54 Å². The van der Waals surface area contributed by atoms with Crippen LogP contribution in [0.5, 0.6) is 0 Å². The van der Waals surface area contributed by atoms with Gasteiger partial charge in [-0.25, -0.2) is 0 Å². The number of nitrogens with two attached hydrogens (primary N) is 1. The summed E-state index contributed by atoms with van der Waals surface area (Å²) in [6, 6.07) is 9.06. The molecule has 14 heavy (non-hydrogen) atoms. The molecule has 0 aromatic heterocycles. The van der Waals surface area contributed by atoms with Crippen molar-refractivity contribution >= 4 is 0 Å². The Kier molecular flexibility index (Phi) is 1.46. The van der Waals surface area contributed by atoms with E-state index in [1.54, 1.807) is 0 Å². The van der Waals surface area contributed by atoms with Gasteiger partial charge in [-0.15, -0.1) is 0 Å². The highest BCUT2D eigenvalue weighted by atomic mass is 14.9. The van der Waals surface area contributed by atoms with Crippen LogP contribution in [-0.4, -0.2) is 5.54 Å². The number of hydrogen-bond acceptors (Lipinski definition) is 1. The monoisotopic (exact) mass is 187 g/mol. The molecule has 1 heteroatoms. The maximum absolute atomic E-state index is 6.08. The van der Waals surface area contributed by atoms with Crippen molar-refractivity contribution in [1.29, 1.82) is 0 Å². The third kappa shape index (κ3) is 0.936. The van der Waals surface area contributed by atoms with E-state index in [0.29, 0.717) is 5.41 Å². The molecule has 0 heterocycles. The summed E-state index contributed by atoms with van der Waals surface area (Å²) in [5.74, 6) is 0. The fourth-order valence-corrected chi connectivity index (χ4v) is 3.29. The molecule has 2 bridgehead atoms. The number of benzene rings is 1. The fraction of sp³-hybridized carbons (Fsp3) is 0.538. The van der Waals surface area contributed by atoms with E-state index in [1.807, 2.05) is 0 Å². The first-order chi connectivity index (χ1) is 6.66. The highest BCUT2D eigenvalue weighted by Crippen LogP contribution is 2.66. The number of aryl methyl sites for hydroxylation is 1. The summed E-state index contributed by atoms with van der Waals surface area (Å²) >= 11 is 0. The van der Waals surface area contributed by atoms with Crippen LogP contribution in [0.25, 0.3) is 0 Å². The summed E-state index contributed by atoms with van der Waals surface area (Å²) in [6.07, 6.45) is 4.78. The van der Waals surface area contributed by atoms with Crippen LogP contribution >= 0.6 is 0 Å². The average molecular weight is 187 g/mol. The Hall–Kier alpha value is -0.820. The molecule has 0 spiro atoms. The van der Waals surface area contributed by atoms with Crippen molar-refractivity contribution in [3.63, 3.8) is 0 Å². The van der Waals surface area contributed by atoms with Gasteiger partial charge in [0.05, 0.1) is 0 Å². The standard InChI is InChI=1S/C13H17N/c1-2-10-4-3-5-11(6-10)12-7-13(14,8-12)9-12/h3-6H,2,7-9,14H2,1H3.